The van der Waals surface area contributed by atoms with Gasteiger partial charge in [-0.1, -0.05) is 36.4 Å². The Bertz CT molecular complexity index is 850. The first kappa shape index (κ1) is 20.8. The van der Waals surface area contributed by atoms with Crippen LogP contribution in [0.4, 0.5) is 0 Å². The fourth-order valence-electron chi connectivity index (χ4n) is 2.55. The molecule has 0 atom stereocenters. The molecule has 0 saturated carbocycles. The monoisotopic (exact) mass is 387 g/mol. The van der Waals surface area contributed by atoms with Crippen molar-refractivity contribution < 1.29 is 13.2 Å². The first-order valence-electron chi connectivity index (χ1n) is 8.72. The number of nitrogens with zero attached hydrogens (tertiary/aromatic N) is 1. The van der Waals surface area contributed by atoms with Crippen LogP contribution in [0.2, 0.25) is 0 Å². The van der Waals surface area contributed by atoms with E-state index >= 15 is 0 Å². The van der Waals surface area contributed by atoms with Crippen molar-refractivity contribution in [3.8, 4) is 0 Å². The van der Waals surface area contributed by atoms with Crippen LogP contribution in [-0.2, 0) is 16.6 Å². The Labute approximate surface area is 160 Å². The van der Waals surface area contributed by atoms with E-state index in [9.17, 15) is 13.2 Å². The molecule has 0 aliphatic carbocycles. The summed E-state index contributed by atoms with van der Waals surface area (Å²) in [4.78, 5) is 14.7. The molecule has 0 radical (unpaired) electrons. The standard InChI is InChI=1S/C20H25N3O3S/c1-2-14-22-27(25,26)19-11-9-18(10-12-19)20(24)23(15-6-13-21)16-17-7-4-3-5-8-17/h2-5,7-12,22H,1,6,13-16,21H2. The zero-order valence-corrected chi connectivity index (χ0v) is 16.0. The van der Waals surface area contributed by atoms with Crippen LogP contribution in [0.5, 0.6) is 0 Å². The van der Waals surface area contributed by atoms with E-state index in [0.717, 1.165) is 5.56 Å². The molecule has 0 saturated heterocycles. The van der Waals surface area contributed by atoms with E-state index in [4.69, 9.17) is 5.73 Å². The smallest absolute Gasteiger partial charge is 0.254 e. The summed E-state index contributed by atoms with van der Waals surface area (Å²) in [6, 6.07) is 15.6. The second-order valence-corrected chi connectivity index (χ2v) is 7.79. The molecule has 27 heavy (non-hydrogen) atoms. The molecular weight excluding hydrogens is 362 g/mol. The first-order valence-corrected chi connectivity index (χ1v) is 10.2. The van der Waals surface area contributed by atoms with Gasteiger partial charge in [0.05, 0.1) is 4.90 Å². The molecule has 2 aromatic carbocycles. The zero-order valence-electron chi connectivity index (χ0n) is 15.2. The molecule has 6 nitrogen and oxygen atoms in total. The van der Waals surface area contributed by atoms with Gasteiger partial charge in [-0.3, -0.25) is 4.79 Å². The number of carbonyl (C=O) groups is 1. The van der Waals surface area contributed by atoms with Crippen molar-refractivity contribution in [2.24, 2.45) is 5.73 Å². The second kappa shape index (κ2) is 10.0. The average Bonchev–Trinajstić information content (AvgIpc) is 2.70. The molecule has 0 fully saturated rings. The van der Waals surface area contributed by atoms with Crippen molar-refractivity contribution in [3.05, 3.63) is 78.4 Å². The van der Waals surface area contributed by atoms with Crippen molar-refractivity contribution in [1.29, 1.82) is 0 Å². The third-order valence-electron chi connectivity index (χ3n) is 3.96. The highest BCUT2D eigenvalue weighted by molar-refractivity contribution is 7.89. The molecule has 7 heteroatoms. The lowest BCUT2D eigenvalue weighted by Crippen LogP contribution is -2.32. The highest BCUT2D eigenvalue weighted by atomic mass is 32.2. The van der Waals surface area contributed by atoms with Crippen LogP contribution < -0.4 is 10.5 Å². The van der Waals surface area contributed by atoms with Gasteiger partial charge in [-0.15, -0.1) is 6.58 Å². The molecular formula is C20H25N3O3S. The van der Waals surface area contributed by atoms with Crippen LogP contribution in [-0.4, -0.2) is 38.9 Å². The molecule has 0 spiro atoms. The number of amides is 1. The maximum Gasteiger partial charge on any atom is 0.254 e. The molecule has 0 unspecified atom stereocenters. The van der Waals surface area contributed by atoms with E-state index in [2.05, 4.69) is 11.3 Å². The summed E-state index contributed by atoms with van der Waals surface area (Å²) in [6.07, 6.45) is 2.16. The van der Waals surface area contributed by atoms with Crippen LogP contribution in [0.15, 0.2) is 72.1 Å². The van der Waals surface area contributed by atoms with Gasteiger partial charge in [0.25, 0.3) is 5.91 Å². The fraction of sp³-hybridized carbons (Fsp3) is 0.250. The number of nitrogens with one attached hydrogen (secondary N) is 1. The molecule has 3 N–H and O–H groups in total. The predicted octanol–water partition coefficient (Wildman–Crippen LogP) is 2.14. The Morgan fingerprint density at radius 2 is 1.78 bits per heavy atom. The Morgan fingerprint density at radius 1 is 1.11 bits per heavy atom. The number of benzene rings is 2. The maximum absolute atomic E-state index is 12.9. The van der Waals surface area contributed by atoms with E-state index in [0.29, 0.717) is 31.6 Å². The highest BCUT2D eigenvalue weighted by Gasteiger charge is 2.18. The minimum atomic E-state index is -3.61. The van der Waals surface area contributed by atoms with E-state index < -0.39 is 10.0 Å². The Hall–Kier alpha value is -2.48. The quantitative estimate of drug-likeness (QED) is 0.611. The normalized spacial score (nSPS) is 11.1. The maximum atomic E-state index is 12.9. The minimum absolute atomic E-state index is 0.109. The molecule has 1 amide bonds. The van der Waals surface area contributed by atoms with Crippen molar-refractivity contribution in [3.63, 3.8) is 0 Å². The molecule has 0 aliphatic rings. The molecule has 144 valence electrons. The van der Waals surface area contributed by atoms with Crippen molar-refractivity contribution in [2.45, 2.75) is 17.9 Å². The largest absolute Gasteiger partial charge is 0.334 e. The van der Waals surface area contributed by atoms with Crippen molar-refractivity contribution >= 4 is 15.9 Å². The summed E-state index contributed by atoms with van der Waals surface area (Å²) >= 11 is 0. The summed E-state index contributed by atoms with van der Waals surface area (Å²) in [5.74, 6) is -0.157. The minimum Gasteiger partial charge on any atom is -0.334 e. The molecule has 2 rings (SSSR count). The van der Waals surface area contributed by atoms with E-state index in [1.165, 1.54) is 30.3 Å². The summed E-state index contributed by atoms with van der Waals surface area (Å²) in [5, 5.41) is 0. The van der Waals surface area contributed by atoms with E-state index in [-0.39, 0.29) is 17.3 Å². The average molecular weight is 388 g/mol. The topological polar surface area (TPSA) is 92.5 Å². The van der Waals surface area contributed by atoms with Gasteiger partial charge in [-0.25, -0.2) is 13.1 Å². The summed E-state index contributed by atoms with van der Waals surface area (Å²) in [5.41, 5.74) is 7.06. The molecule has 0 aromatic heterocycles. The third-order valence-corrected chi connectivity index (χ3v) is 5.40. The van der Waals surface area contributed by atoms with Crippen molar-refractivity contribution in [1.82, 2.24) is 9.62 Å². The number of hydrogen-bond donors (Lipinski definition) is 2. The van der Waals surface area contributed by atoms with Gasteiger partial charge < -0.3 is 10.6 Å². The van der Waals surface area contributed by atoms with Gasteiger partial charge in [-0.05, 0) is 42.8 Å². The fourth-order valence-corrected chi connectivity index (χ4v) is 3.55. The Morgan fingerprint density at radius 3 is 2.37 bits per heavy atom. The molecule has 2 aromatic rings. The Balaban J connectivity index is 2.17. The first-order chi connectivity index (χ1) is 13.0. The number of sulfonamides is 1. The number of rotatable bonds is 10. The lowest BCUT2D eigenvalue weighted by molar-refractivity contribution is 0.0742. The van der Waals surface area contributed by atoms with Crippen LogP contribution in [0, 0.1) is 0 Å². The van der Waals surface area contributed by atoms with Crippen LogP contribution >= 0.6 is 0 Å². The van der Waals surface area contributed by atoms with E-state index in [1.54, 1.807) is 4.90 Å². The summed E-state index contributed by atoms with van der Waals surface area (Å²) in [6.45, 7) is 5.13. The number of hydrogen-bond acceptors (Lipinski definition) is 4. The molecule has 0 aliphatic heterocycles. The van der Waals surface area contributed by atoms with Gasteiger partial charge >= 0.3 is 0 Å². The lowest BCUT2D eigenvalue weighted by atomic mass is 10.1. The molecule has 0 bridgehead atoms. The van der Waals surface area contributed by atoms with Gasteiger partial charge in [-0.2, -0.15) is 0 Å². The zero-order chi connectivity index (χ0) is 19.7. The van der Waals surface area contributed by atoms with E-state index in [1.807, 2.05) is 30.3 Å². The van der Waals surface area contributed by atoms with Gasteiger partial charge in [0.15, 0.2) is 0 Å². The number of carbonyl (C=O) groups excluding carboxylic acids is 1. The third kappa shape index (κ3) is 6.02. The molecule has 0 heterocycles. The van der Waals surface area contributed by atoms with Gasteiger partial charge in [0, 0.05) is 25.2 Å². The van der Waals surface area contributed by atoms with Gasteiger partial charge in [0.2, 0.25) is 10.0 Å². The number of nitrogens with two attached hydrogens (primary N) is 1. The second-order valence-electron chi connectivity index (χ2n) is 6.02. The van der Waals surface area contributed by atoms with Crippen molar-refractivity contribution in [2.75, 3.05) is 19.6 Å². The predicted molar refractivity (Wildman–Crippen MR) is 107 cm³/mol. The van der Waals surface area contributed by atoms with Gasteiger partial charge in [0.1, 0.15) is 0 Å². The highest BCUT2D eigenvalue weighted by Crippen LogP contribution is 2.14. The lowest BCUT2D eigenvalue weighted by Gasteiger charge is -2.23. The van der Waals surface area contributed by atoms with Crippen LogP contribution in [0.25, 0.3) is 0 Å². The SMILES string of the molecule is C=CCNS(=O)(=O)c1ccc(C(=O)N(CCCN)Cc2ccccc2)cc1. The summed E-state index contributed by atoms with van der Waals surface area (Å²) in [7, 11) is -3.61. The Kier molecular flexibility index (Phi) is 7.72. The van der Waals surface area contributed by atoms with Crippen LogP contribution in [0.1, 0.15) is 22.3 Å². The summed E-state index contributed by atoms with van der Waals surface area (Å²) < 4.78 is 26.6. The van der Waals surface area contributed by atoms with Crippen LogP contribution in [0.3, 0.4) is 0 Å².